The smallest absolute Gasteiger partial charge is 0.234 e. The number of aromatic nitrogens is 2. The van der Waals surface area contributed by atoms with E-state index in [0.717, 1.165) is 16.6 Å². The third kappa shape index (κ3) is 3.03. The van der Waals surface area contributed by atoms with E-state index in [1.807, 2.05) is 49.4 Å². The standard InChI is InChI=1S/C19H14N4O2S/c1-11-6-7-13-14(8-11)22-19(21-13)26-10-17(24)23-18-12-4-2-3-5-15(12)25-16(18)9-20/h2-8H,10H2,1H3,(H,21,22)(H,23,24). The van der Waals surface area contributed by atoms with Crippen LogP contribution in [0.1, 0.15) is 11.3 Å². The molecule has 0 aliphatic rings. The van der Waals surface area contributed by atoms with E-state index in [0.29, 0.717) is 21.8 Å². The largest absolute Gasteiger partial charge is 0.443 e. The molecule has 0 radical (unpaired) electrons. The van der Waals surface area contributed by atoms with E-state index in [1.54, 1.807) is 6.07 Å². The van der Waals surface area contributed by atoms with Gasteiger partial charge in [0.25, 0.3) is 0 Å². The quantitative estimate of drug-likeness (QED) is 0.530. The third-order valence-corrected chi connectivity index (χ3v) is 4.79. The van der Waals surface area contributed by atoms with Crippen LogP contribution in [0.25, 0.3) is 22.0 Å². The Morgan fingerprint density at radius 3 is 3.04 bits per heavy atom. The number of amides is 1. The van der Waals surface area contributed by atoms with Crippen molar-refractivity contribution in [1.29, 1.82) is 5.26 Å². The fraction of sp³-hybridized carbons (Fsp3) is 0.105. The number of hydrogen-bond acceptors (Lipinski definition) is 5. The van der Waals surface area contributed by atoms with Crippen molar-refractivity contribution in [2.75, 3.05) is 11.1 Å². The maximum absolute atomic E-state index is 12.3. The molecule has 0 saturated heterocycles. The Labute approximate surface area is 153 Å². The Morgan fingerprint density at radius 2 is 2.19 bits per heavy atom. The summed E-state index contributed by atoms with van der Waals surface area (Å²) in [4.78, 5) is 20.0. The molecule has 128 valence electrons. The highest BCUT2D eigenvalue weighted by Crippen LogP contribution is 2.30. The molecule has 2 heterocycles. The predicted octanol–water partition coefficient (Wildman–Crippen LogP) is 4.22. The summed E-state index contributed by atoms with van der Waals surface area (Å²) >= 11 is 1.31. The maximum atomic E-state index is 12.3. The molecular weight excluding hydrogens is 348 g/mol. The summed E-state index contributed by atoms with van der Waals surface area (Å²) in [5.74, 6) is 0.0434. The highest BCUT2D eigenvalue weighted by atomic mass is 32.2. The summed E-state index contributed by atoms with van der Waals surface area (Å²) in [6.45, 7) is 2.02. The molecule has 0 saturated carbocycles. The fourth-order valence-electron chi connectivity index (χ4n) is 2.73. The van der Waals surface area contributed by atoms with Crippen LogP contribution >= 0.6 is 11.8 Å². The van der Waals surface area contributed by atoms with Crippen molar-refractivity contribution in [2.45, 2.75) is 12.1 Å². The summed E-state index contributed by atoms with van der Waals surface area (Å²) < 4.78 is 5.46. The monoisotopic (exact) mass is 362 g/mol. The normalized spacial score (nSPS) is 10.9. The number of furan rings is 1. The number of anilines is 1. The Morgan fingerprint density at radius 1 is 1.35 bits per heavy atom. The number of nitriles is 1. The van der Waals surface area contributed by atoms with Gasteiger partial charge in [-0.25, -0.2) is 4.98 Å². The molecule has 0 aliphatic carbocycles. The molecule has 6 nitrogen and oxygen atoms in total. The minimum atomic E-state index is -0.227. The number of para-hydroxylation sites is 1. The summed E-state index contributed by atoms with van der Waals surface area (Å²) in [5, 5.41) is 13.4. The molecule has 2 N–H and O–H groups in total. The number of aromatic amines is 1. The van der Waals surface area contributed by atoms with Crippen LogP contribution in [0.15, 0.2) is 52.0 Å². The molecule has 2 aromatic carbocycles. The van der Waals surface area contributed by atoms with Gasteiger partial charge in [-0.15, -0.1) is 0 Å². The summed E-state index contributed by atoms with van der Waals surface area (Å²) in [6.07, 6.45) is 0. The van der Waals surface area contributed by atoms with Gasteiger partial charge < -0.3 is 14.7 Å². The van der Waals surface area contributed by atoms with Gasteiger partial charge in [0.1, 0.15) is 17.3 Å². The zero-order valence-corrected chi connectivity index (χ0v) is 14.7. The van der Waals surface area contributed by atoms with Gasteiger partial charge in [-0.2, -0.15) is 5.26 Å². The van der Waals surface area contributed by atoms with Crippen molar-refractivity contribution in [3.05, 3.63) is 53.8 Å². The molecule has 1 amide bonds. The van der Waals surface area contributed by atoms with E-state index >= 15 is 0 Å². The third-order valence-electron chi connectivity index (χ3n) is 3.92. The molecule has 0 bridgehead atoms. The topological polar surface area (TPSA) is 94.7 Å². The second kappa shape index (κ2) is 6.58. The lowest BCUT2D eigenvalue weighted by atomic mass is 10.2. The van der Waals surface area contributed by atoms with Gasteiger partial charge in [-0.05, 0) is 36.8 Å². The second-order valence-electron chi connectivity index (χ2n) is 5.81. The first kappa shape index (κ1) is 16.2. The molecule has 0 unspecified atom stereocenters. The van der Waals surface area contributed by atoms with Gasteiger partial charge >= 0.3 is 0 Å². The van der Waals surface area contributed by atoms with Crippen LogP contribution < -0.4 is 5.32 Å². The van der Waals surface area contributed by atoms with Crippen LogP contribution in [-0.2, 0) is 4.79 Å². The highest BCUT2D eigenvalue weighted by Gasteiger charge is 2.16. The maximum Gasteiger partial charge on any atom is 0.234 e. The Kier molecular flexibility index (Phi) is 4.11. The number of nitrogens with one attached hydrogen (secondary N) is 2. The molecule has 0 spiro atoms. The van der Waals surface area contributed by atoms with E-state index in [-0.39, 0.29) is 17.4 Å². The molecule has 2 aromatic heterocycles. The molecule has 7 heteroatoms. The fourth-order valence-corrected chi connectivity index (χ4v) is 3.41. The first-order valence-electron chi connectivity index (χ1n) is 7.94. The first-order valence-corrected chi connectivity index (χ1v) is 8.93. The Hall–Kier alpha value is -3.24. The number of carbonyl (C=O) groups is 1. The van der Waals surface area contributed by atoms with Crippen molar-refractivity contribution < 1.29 is 9.21 Å². The average molecular weight is 362 g/mol. The minimum Gasteiger partial charge on any atom is -0.443 e. The number of imidazole rings is 1. The second-order valence-corrected chi connectivity index (χ2v) is 6.78. The molecule has 26 heavy (non-hydrogen) atoms. The number of carbonyl (C=O) groups excluding carboxylic acids is 1. The number of hydrogen-bond donors (Lipinski definition) is 2. The minimum absolute atomic E-state index is 0.101. The summed E-state index contributed by atoms with van der Waals surface area (Å²) in [6, 6.07) is 15.2. The lowest BCUT2D eigenvalue weighted by molar-refractivity contribution is -0.113. The zero-order valence-electron chi connectivity index (χ0n) is 13.9. The summed E-state index contributed by atoms with van der Waals surface area (Å²) in [5.41, 5.74) is 3.94. The predicted molar refractivity (Wildman–Crippen MR) is 101 cm³/mol. The van der Waals surface area contributed by atoms with Crippen LogP contribution in [0.3, 0.4) is 0 Å². The highest BCUT2D eigenvalue weighted by molar-refractivity contribution is 7.99. The van der Waals surface area contributed by atoms with E-state index in [9.17, 15) is 10.1 Å². The van der Waals surface area contributed by atoms with Crippen molar-refractivity contribution in [1.82, 2.24) is 9.97 Å². The lowest BCUT2D eigenvalue weighted by Crippen LogP contribution is -2.14. The Balaban J connectivity index is 1.49. The number of thioether (sulfide) groups is 1. The Bertz CT molecular complexity index is 1170. The number of H-pyrrole nitrogens is 1. The SMILES string of the molecule is Cc1ccc2nc(SCC(=O)Nc3c(C#N)oc4ccccc34)[nH]c2c1. The zero-order chi connectivity index (χ0) is 18.1. The number of fused-ring (bicyclic) bond motifs is 2. The van der Waals surface area contributed by atoms with Gasteiger partial charge in [-0.1, -0.05) is 30.0 Å². The number of benzene rings is 2. The van der Waals surface area contributed by atoms with Gasteiger partial charge in [-0.3, -0.25) is 4.79 Å². The van der Waals surface area contributed by atoms with Crippen LogP contribution in [0.4, 0.5) is 5.69 Å². The van der Waals surface area contributed by atoms with Crippen molar-refractivity contribution >= 4 is 45.4 Å². The van der Waals surface area contributed by atoms with Crippen molar-refractivity contribution in [3.8, 4) is 6.07 Å². The first-order chi connectivity index (χ1) is 12.6. The summed E-state index contributed by atoms with van der Waals surface area (Å²) in [7, 11) is 0. The van der Waals surface area contributed by atoms with Crippen molar-refractivity contribution in [2.24, 2.45) is 0 Å². The number of rotatable bonds is 4. The van der Waals surface area contributed by atoms with E-state index in [4.69, 9.17) is 4.42 Å². The van der Waals surface area contributed by atoms with E-state index < -0.39 is 0 Å². The lowest BCUT2D eigenvalue weighted by Gasteiger charge is -2.02. The van der Waals surface area contributed by atoms with Crippen molar-refractivity contribution in [3.63, 3.8) is 0 Å². The van der Waals surface area contributed by atoms with E-state index in [1.165, 1.54) is 11.8 Å². The average Bonchev–Trinajstić information content (AvgIpc) is 3.20. The number of aryl methyl sites for hydroxylation is 1. The van der Waals surface area contributed by atoms with Crippen LogP contribution in [0.5, 0.6) is 0 Å². The van der Waals surface area contributed by atoms with Crippen LogP contribution in [-0.4, -0.2) is 21.6 Å². The molecular formula is C19H14N4O2S. The van der Waals surface area contributed by atoms with Crippen LogP contribution in [0.2, 0.25) is 0 Å². The van der Waals surface area contributed by atoms with Gasteiger partial charge in [0, 0.05) is 5.39 Å². The van der Waals surface area contributed by atoms with Gasteiger partial charge in [0.15, 0.2) is 5.16 Å². The van der Waals surface area contributed by atoms with E-state index in [2.05, 4.69) is 15.3 Å². The molecule has 4 aromatic rings. The molecule has 4 rings (SSSR count). The molecule has 0 fully saturated rings. The molecule has 0 atom stereocenters. The van der Waals surface area contributed by atoms with Crippen LogP contribution in [0, 0.1) is 18.3 Å². The van der Waals surface area contributed by atoms with Gasteiger partial charge in [0.05, 0.1) is 16.8 Å². The van der Waals surface area contributed by atoms with Gasteiger partial charge in [0.2, 0.25) is 11.7 Å². The molecule has 0 aliphatic heterocycles. The number of nitrogens with zero attached hydrogens (tertiary/aromatic N) is 2.